The first-order valence-corrected chi connectivity index (χ1v) is 9.12. The molecule has 2 fully saturated rings. The molecule has 4 nitrogen and oxygen atoms in total. The van der Waals surface area contributed by atoms with Gasteiger partial charge in [-0.1, -0.05) is 24.3 Å². The topological polar surface area (TPSA) is 41.6 Å². The fourth-order valence-corrected chi connectivity index (χ4v) is 3.88. The van der Waals surface area contributed by atoms with E-state index in [1.165, 1.54) is 6.07 Å². The number of benzene rings is 2. The summed E-state index contributed by atoms with van der Waals surface area (Å²) in [6.07, 6.45) is 2.84. The van der Waals surface area contributed by atoms with Gasteiger partial charge in [-0.2, -0.15) is 0 Å². The van der Waals surface area contributed by atoms with E-state index in [-0.39, 0.29) is 29.8 Å². The van der Waals surface area contributed by atoms with Crippen LogP contribution in [0.3, 0.4) is 0 Å². The van der Waals surface area contributed by atoms with Gasteiger partial charge in [-0.25, -0.2) is 9.18 Å². The van der Waals surface area contributed by atoms with E-state index in [1.54, 1.807) is 19.2 Å². The van der Waals surface area contributed by atoms with Crippen molar-refractivity contribution >= 4 is 6.03 Å². The first kappa shape index (κ1) is 16.9. The molecule has 3 atom stereocenters. The van der Waals surface area contributed by atoms with Crippen LogP contribution in [0, 0.1) is 5.82 Å². The van der Waals surface area contributed by atoms with E-state index in [4.69, 9.17) is 4.74 Å². The van der Waals surface area contributed by atoms with E-state index in [9.17, 15) is 9.18 Å². The molecule has 0 bridgehead atoms. The van der Waals surface area contributed by atoms with Gasteiger partial charge in [0, 0.05) is 18.5 Å². The highest BCUT2D eigenvalue weighted by Gasteiger charge is 2.41. The third kappa shape index (κ3) is 3.39. The van der Waals surface area contributed by atoms with Gasteiger partial charge < -0.3 is 15.0 Å². The number of urea groups is 1. The number of hydrogen-bond acceptors (Lipinski definition) is 2. The predicted molar refractivity (Wildman–Crippen MR) is 97.8 cm³/mol. The zero-order chi connectivity index (χ0) is 18.1. The van der Waals surface area contributed by atoms with E-state index >= 15 is 0 Å². The van der Waals surface area contributed by atoms with Crippen LogP contribution < -0.4 is 10.1 Å². The second-order valence-electron chi connectivity index (χ2n) is 7.08. The number of nitrogens with zero attached hydrogens (tertiary/aromatic N) is 1. The standard InChI is InChI=1S/C21H23FN2O2/c1-26-17-9-7-14(8-10-17)20-6-3-11-24(20)21(25)23-19-13-18(19)15-4-2-5-16(22)12-15/h2,4-5,7-10,12,18-20H,3,6,11,13H2,1H3,(H,23,25). The molecule has 2 aromatic rings. The molecule has 0 spiro atoms. The summed E-state index contributed by atoms with van der Waals surface area (Å²) in [5.41, 5.74) is 2.10. The Morgan fingerprint density at radius 2 is 2.00 bits per heavy atom. The van der Waals surface area contributed by atoms with Gasteiger partial charge in [0.1, 0.15) is 11.6 Å². The largest absolute Gasteiger partial charge is 0.497 e. The molecule has 136 valence electrons. The second-order valence-corrected chi connectivity index (χ2v) is 7.08. The summed E-state index contributed by atoms with van der Waals surface area (Å²) in [5.74, 6) is 0.814. The lowest BCUT2D eigenvalue weighted by Crippen LogP contribution is -2.40. The average Bonchev–Trinajstić information content (AvgIpc) is 3.24. The molecule has 26 heavy (non-hydrogen) atoms. The summed E-state index contributed by atoms with van der Waals surface area (Å²) in [6, 6.07) is 14.8. The smallest absolute Gasteiger partial charge is 0.318 e. The van der Waals surface area contributed by atoms with Crippen molar-refractivity contribution < 1.29 is 13.9 Å². The second kappa shape index (κ2) is 6.98. The Labute approximate surface area is 153 Å². The van der Waals surface area contributed by atoms with Gasteiger partial charge in [-0.15, -0.1) is 0 Å². The van der Waals surface area contributed by atoms with Gasteiger partial charge in [0.2, 0.25) is 0 Å². The maximum Gasteiger partial charge on any atom is 0.318 e. The van der Waals surface area contributed by atoms with E-state index in [2.05, 4.69) is 5.32 Å². The highest BCUT2D eigenvalue weighted by Crippen LogP contribution is 2.41. The molecular weight excluding hydrogens is 331 g/mol. The molecule has 2 aromatic carbocycles. The van der Waals surface area contributed by atoms with Gasteiger partial charge in [-0.3, -0.25) is 0 Å². The summed E-state index contributed by atoms with van der Waals surface area (Å²) in [6.45, 7) is 0.764. The third-order valence-electron chi connectivity index (χ3n) is 5.39. The Kier molecular flexibility index (Phi) is 4.53. The van der Waals surface area contributed by atoms with Crippen LogP contribution in [0.25, 0.3) is 0 Å². The minimum Gasteiger partial charge on any atom is -0.497 e. The van der Waals surface area contributed by atoms with Gasteiger partial charge in [0.15, 0.2) is 0 Å². The molecule has 1 saturated heterocycles. The zero-order valence-corrected chi connectivity index (χ0v) is 14.8. The first-order chi connectivity index (χ1) is 12.7. The molecule has 5 heteroatoms. The summed E-state index contributed by atoms with van der Waals surface area (Å²) >= 11 is 0. The molecule has 0 aromatic heterocycles. The summed E-state index contributed by atoms with van der Waals surface area (Å²) in [5, 5.41) is 3.13. The molecule has 1 saturated carbocycles. The van der Waals surface area contributed by atoms with Crippen molar-refractivity contribution in [1.82, 2.24) is 10.2 Å². The fourth-order valence-electron chi connectivity index (χ4n) is 3.88. The number of amides is 2. The Hall–Kier alpha value is -2.56. The quantitative estimate of drug-likeness (QED) is 0.892. The molecule has 1 aliphatic carbocycles. The monoisotopic (exact) mass is 354 g/mol. The molecule has 2 amide bonds. The summed E-state index contributed by atoms with van der Waals surface area (Å²) in [4.78, 5) is 14.7. The van der Waals surface area contributed by atoms with Crippen LogP contribution in [0.2, 0.25) is 0 Å². The molecule has 1 aliphatic heterocycles. The van der Waals surface area contributed by atoms with Gasteiger partial charge in [-0.05, 0) is 54.7 Å². The molecule has 1 heterocycles. The number of halogens is 1. The number of methoxy groups -OCH3 is 1. The SMILES string of the molecule is COc1ccc(C2CCCN2C(=O)NC2CC2c2cccc(F)c2)cc1. The number of likely N-dealkylation sites (tertiary alicyclic amines) is 1. The average molecular weight is 354 g/mol. The van der Waals surface area contributed by atoms with Gasteiger partial charge >= 0.3 is 6.03 Å². The number of rotatable bonds is 4. The molecule has 2 aliphatic rings. The van der Waals surface area contributed by atoms with Gasteiger partial charge in [0.25, 0.3) is 0 Å². The van der Waals surface area contributed by atoms with Crippen LogP contribution in [0.1, 0.15) is 42.3 Å². The Morgan fingerprint density at radius 3 is 2.73 bits per heavy atom. The van der Waals surface area contributed by atoms with Crippen molar-refractivity contribution in [3.05, 3.63) is 65.5 Å². The minimum absolute atomic E-state index is 0.0211. The number of hydrogen-bond donors (Lipinski definition) is 1. The van der Waals surface area contributed by atoms with Crippen LogP contribution in [0.15, 0.2) is 48.5 Å². The number of carbonyl (C=O) groups excluding carboxylic acids is 1. The first-order valence-electron chi connectivity index (χ1n) is 9.12. The van der Waals surface area contributed by atoms with Crippen molar-refractivity contribution in [2.45, 2.75) is 37.3 Å². The number of ether oxygens (including phenoxy) is 1. The van der Waals surface area contributed by atoms with Crippen molar-refractivity contribution in [3.8, 4) is 5.75 Å². The summed E-state index contributed by atoms with van der Waals surface area (Å²) < 4.78 is 18.6. The van der Waals surface area contributed by atoms with Crippen LogP contribution in [-0.4, -0.2) is 30.6 Å². The van der Waals surface area contributed by atoms with E-state index in [1.807, 2.05) is 35.2 Å². The lowest BCUT2D eigenvalue weighted by Gasteiger charge is -2.25. The Balaban J connectivity index is 1.39. The molecule has 1 N–H and O–H groups in total. The van der Waals surface area contributed by atoms with Crippen LogP contribution >= 0.6 is 0 Å². The van der Waals surface area contributed by atoms with Gasteiger partial charge in [0.05, 0.1) is 13.2 Å². The van der Waals surface area contributed by atoms with Crippen LogP contribution in [0.4, 0.5) is 9.18 Å². The maximum atomic E-state index is 13.4. The molecule has 4 rings (SSSR count). The maximum absolute atomic E-state index is 13.4. The molecular formula is C21H23FN2O2. The highest BCUT2D eigenvalue weighted by atomic mass is 19.1. The Morgan fingerprint density at radius 1 is 1.19 bits per heavy atom. The lowest BCUT2D eigenvalue weighted by atomic mass is 10.0. The van der Waals surface area contributed by atoms with E-state index in [0.29, 0.717) is 0 Å². The van der Waals surface area contributed by atoms with Crippen LogP contribution in [-0.2, 0) is 0 Å². The molecule has 0 radical (unpaired) electrons. The van der Waals surface area contributed by atoms with Crippen molar-refractivity contribution in [2.75, 3.05) is 13.7 Å². The fraction of sp³-hybridized carbons (Fsp3) is 0.381. The highest BCUT2D eigenvalue weighted by molar-refractivity contribution is 5.76. The zero-order valence-electron chi connectivity index (χ0n) is 14.8. The Bertz CT molecular complexity index is 793. The number of carbonyl (C=O) groups is 1. The van der Waals surface area contributed by atoms with E-state index < -0.39 is 0 Å². The van der Waals surface area contributed by atoms with E-state index in [0.717, 1.165) is 42.7 Å². The van der Waals surface area contributed by atoms with Crippen LogP contribution in [0.5, 0.6) is 5.75 Å². The number of nitrogens with one attached hydrogen (secondary N) is 1. The van der Waals surface area contributed by atoms with Crippen molar-refractivity contribution in [2.24, 2.45) is 0 Å². The third-order valence-corrected chi connectivity index (χ3v) is 5.39. The predicted octanol–water partition coefficient (Wildman–Crippen LogP) is 4.24. The van der Waals surface area contributed by atoms with Crippen molar-refractivity contribution in [3.63, 3.8) is 0 Å². The lowest BCUT2D eigenvalue weighted by molar-refractivity contribution is 0.192. The normalized spacial score (nSPS) is 24.4. The minimum atomic E-state index is -0.224. The molecule has 3 unspecified atom stereocenters. The summed E-state index contributed by atoms with van der Waals surface area (Å²) in [7, 11) is 1.65. The van der Waals surface area contributed by atoms with Crippen molar-refractivity contribution in [1.29, 1.82) is 0 Å².